The molecule has 0 aromatic rings. The van der Waals surface area contributed by atoms with Gasteiger partial charge < -0.3 is 4.90 Å². The maximum absolute atomic E-state index is 12.1. The molecule has 2 rings (SSSR count). The summed E-state index contributed by atoms with van der Waals surface area (Å²) in [5.74, 6) is 0. The van der Waals surface area contributed by atoms with E-state index in [1.165, 1.54) is 6.34 Å². The first-order valence-corrected chi connectivity index (χ1v) is 3.44. The van der Waals surface area contributed by atoms with Crippen molar-refractivity contribution in [3.05, 3.63) is 0 Å². The summed E-state index contributed by atoms with van der Waals surface area (Å²) in [6.07, 6.45) is 1.25. The Bertz CT molecular complexity index is 214. The molecule has 0 amide bonds. The van der Waals surface area contributed by atoms with Crippen LogP contribution in [-0.2, 0) is 0 Å². The quantitative estimate of drug-likeness (QED) is 0.420. The molecule has 0 saturated carbocycles. The Kier molecular flexibility index (Phi) is 1.02. The van der Waals surface area contributed by atoms with Gasteiger partial charge in [0.15, 0.2) is 0 Å². The standard InChI is InChI=1S/C6H9F2N3/c1-6(2)4-10(6)3-9-11(4)5(7)8/h3-5H,1-2H3. The van der Waals surface area contributed by atoms with Crippen molar-refractivity contribution in [3.63, 3.8) is 0 Å². The fraction of sp³-hybridized carbons (Fsp3) is 0.833. The van der Waals surface area contributed by atoms with Crippen molar-refractivity contribution >= 4 is 6.34 Å². The molecule has 0 spiro atoms. The summed E-state index contributed by atoms with van der Waals surface area (Å²) < 4.78 is 24.3. The summed E-state index contributed by atoms with van der Waals surface area (Å²) in [6.45, 7) is 1.35. The third-order valence-corrected chi connectivity index (χ3v) is 2.25. The Hall–Kier alpha value is -0.870. The number of halogens is 2. The molecule has 62 valence electrons. The Morgan fingerprint density at radius 3 is 2.45 bits per heavy atom. The summed E-state index contributed by atoms with van der Waals surface area (Å²) in [5.41, 5.74) is -0.155. The molecule has 1 atom stereocenters. The average molecular weight is 161 g/mol. The van der Waals surface area contributed by atoms with Gasteiger partial charge in [0.05, 0.1) is 5.54 Å². The van der Waals surface area contributed by atoms with Crippen LogP contribution < -0.4 is 0 Å². The number of hydrazone groups is 1. The van der Waals surface area contributed by atoms with E-state index in [9.17, 15) is 8.78 Å². The molecule has 1 saturated heterocycles. The number of alkyl halides is 2. The highest BCUT2D eigenvalue weighted by Gasteiger charge is 2.62. The lowest BCUT2D eigenvalue weighted by atomic mass is 10.2. The third-order valence-electron chi connectivity index (χ3n) is 2.25. The largest absolute Gasteiger partial charge is 0.331 e. The van der Waals surface area contributed by atoms with Gasteiger partial charge in [0.1, 0.15) is 12.5 Å². The van der Waals surface area contributed by atoms with Crippen molar-refractivity contribution in [1.29, 1.82) is 0 Å². The Morgan fingerprint density at radius 1 is 1.55 bits per heavy atom. The first-order valence-electron chi connectivity index (χ1n) is 3.44. The summed E-state index contributed by atoms with van der Waals surface area (Å²) in [5, 5.41) is 4.38. The van der Waals surface area contributed by atoms with Gasteiger partial charge in [-0.05, 0) is 13.8 Å². The van der Waals surface area contributed by atoms with E-state index in [0.717, 1.165) is 5.01 Å². The van der Waals surface area contributed by atoms with Crippen LogP contribution in [0.2, 0.25) is 0 Å². The lowest BCUT2D eigenvalue weighted by Crippen LogP contribution is -2.29. The van der Waals surface area contributed by atoms with Crippen molar-refractivity contribution in [2.24, 2.45) is 5.10 Å². The van der Waals surface area contributed by atoms with Crippen LogP contribution in [0.5, 0.6) is 0 Å². The molecule has 5 heteroatoms. The second kappa shape index (κ2) is 1.65. The molecule has 0 bridgehead atoms. The van der Waals surface area contributed by atoms with Crippen LogP contribution in [0.4, 0.5) is 8.78 Å². The molecule has 2 heterocycles. The maximum atomic E-state index is 12.1. The first-order chi connectivity index (χ1) is 5.05. The van der Waals surface area contributed by atoms with Gasteiger partial charge in [0, 0.05) is 0 Å². The number of fused-ring (bicyclic) bond motifs is 1. The highest BCUT2D eigenvalue weighted by Crippen LogP contribution is 2.45. The molecule has 0 aromatic heterocycles. The predicted molar refractivity (Wildman–Crippen MR) is 36.0 cm³/mol. The van der Waals surface area contributed by atoms with E-state index in [4.69, 9.17) is 0 Å². The zero-order chi connectivity index (χ0) is 8.22. The van der Waals surface area contributed by atoms with Gasteiger partial charge in [0.25, 0.3) is 0 Å². The van der Waals surface area contributed by atoms with Crippen LogP contribution in [0.3, 0.4) is 0 Å². The Balaban J connectivity index is 2.14. The molecule has 2 aliphatic heterocycles. The second-order valence-electron chi connectivity index (χ2n) is 3.32. The van der Waals surface area contributed by atoms with E-state index in [1.807, 2.05) is 13.8 Å². The molecular weight excluding hydrogens is 152 g/mol. The van der Waals surface area contributed by atoms with Gasteiger partial charge in [-0.15, -0.1) is 0 Å². The van der Waals surface area contributed by atoms with Crippen LogP contribution in [0.25, 0.3) is 0 Å². The maximum Gasteiger partial charge on any atom is 0.331 e. The highest BCUT2D eigenvalue weighted by molar-refractivity contribution is 5.64. The lowest BCUT2D eigenvalue weighted by molar-refractivity contribution is -0.0337. The lowest BCUT2D eigenvalue weighted by Gasteiger charge is -2.14. The zero-order valence-electron chi connectivity index (χ0n) is 6.33. The second-order valence-corrected chi connectivity index (χ2v) is 3.32. The van der Waals surface area contributed by atoms with E-state index < -0.39 is 6.55 Å². The van der Waals surface area contributed by atoms with Crippen LogP contribution in [0.1, 0.15) is 13.8 Å². The summed E-state index contributed by atoms with van der Waals surface area (Å²) in [6, 6.07) is 0. The van der Waals surface area contributed by atoms with E-state index in [0.29, 0.717) is 0 Å². The van der Waals surface area contributed by atoms with Crippen molar-refractivity contribution in [2.75, 3.05) is 0 Å². The van der Waals surface area contributed by atoms with Crippen LogP contribution in [0.15, 0.2) is 5.10 Å². The molecule has 1 fully saturated rings. The van der Waals surface area contributed by atoms with Crippen molar-refractivity contribution < 1.29 is 8.78 Å². The zero-order valence-corrected chi connectivity index (χ0v) is 6.33. The smallest absolute Gasteiger partial charge is 0.328 e. The van der Waals surface area contributed by atoms with Gasteiger partial charge in [-0.25, -0.2) is 5.01 Å². The van der Waals surface area contributed by atoms with Crippen molar-refractivity contribution in [3.8, 4) is 0 Å². The molecule has 1 unspecified atom stereocenters. The van der Waals surface area contributed by atoms with Crippen molar-refractivity contribution in [2.45, 2.75) is 32.1 Å². The van der Waals surface area contributed by atoms with E-state index in [1.54, 1.807) is 4.90 Å². The number of rotatable bonds is 1. The highest BCUT2D eigenvalue weighted by atomic mass is 19.3. The Morgan fingerprint density at radius 2 is 2.18 bits per heavy atom. The van der Waals surface area contributed by atoms with Crippen LogP contribution in [-0.4, -0.2) is 34.5 Å². The average Bonchev–Trinajstić information content (AvgIpc) is 2.34. The van der Waals surface area contributed by atoms with Gasteiger partial charge in [-0.3, -0.25) is 0 Å². The summed E-state index contributed by atoms with van der Waals surface area (Å²) in [7, 11) is 0. The monoisotopic (exact) mass is 161 g/mol. The number of hydrogen-bond donors (Lipinski definition) is 0. The van der Waals surface area contributed by atoms with Gasteiger partial charge in [0.2, 0.25) is 0 Å². The van der Waals surface area contributed by atoms with E-state index in [2.05, 4.69) is 5.10 Å². The molecule has 3 nitrogen and oxygen atoms in total. The Labute approximate surface area is 63.3 Å². The van der Waals surface area contributed by atoms with Gasteiger partial charge >= 0.3 is 6.55 Å². The minimum atomic E-state index is -2.48. The normalized spacial score (nSPS) is 31.5. The molecule has 0 N–H and O–H groups in total. The molecule has 0 radical (unpaired) electrons. The first kappa shape index (κ1) is 6.82. The molecular formula is C6H9F2N3. The number of nitrogens with zero attached hydrogens (tertiary/aromatic N) is 3. The fourth-order valence-electron chi connectivity index (χ4n) is 1.49. The summed E-state index contributed by atoms with van der Waals surface area (Å²) in [4.78, 5) is 1.80. The molecule has 11 heavy (non-hydrogen) atoms. The van der Waals surface area contributed by atoms with Crippen LogP contribution in [0, 0.1) is 0 Å². The molecule has 0 aromatic carbocycles. The fourth-order valence-corrected chi connectivity index (χ4v) is 1.49. The predicted octanol–water partition coefficient (Wildman–Crippen LogP) is 0.888. The van der Waals surface area contributed by atoms with Crippen molar-refractivity contribution in [1.82, 2.24) is 9.91 Å². The summed E-state index contributed by atoms with van der Waals surface area (Å²) >= 11 is 0. The minimum Gasteiger partial charge on any atom is -0.328 e. The topological polar surface area (TPSA) is 18.6 Å². The minimum absolute atomic E-state index is 0.155. The third kappa shape index (κ3) is 0.680. The van der Waals surface area contributed by atoms with Gasteiger partial charge in [-0.1, -0.05) is 0 Å². The molecule has 2 aliphatic rings. The van der Waals surface area contributed by atoms with Crippen LogP contribution >= 0.6 is 0 Å². The van der Waals surface area contributed by atoms with E-state index in [-0.39, 0.29) is 11.7 Å². The molecule has 0 aliphatic carbocycles. The number of hydrogen-bond acceptors (Lipinski definition) is 3. The van der Waals surface area contributed by atoms with Gasteiger partial charge in [-0.2, -0.15) is 13.9 Å². The SMILES string of the molecule is CC1(C)C2N(C(F)F)N=CN21. The van der Waals surface area contributed by atoms with E-state index >= 15 is 0 Å².